The lowest BCUT2D eigenvalue weighted by atomic mass is 9.94. The van der Waals surface area contributed by atoms with E-state index in [2.05, 4.69) is 29.0 Å². The van der Waals surface area contributed by atoms with Crippen molar-refractivity contribution in [3.05, 3.63) is 23.7 Å². The average Bonchev–Trinajstić information content (AvgIpc) is 2.65. The zero-order chi connectivity index (χ0) is 11.8. The van der Waals surface area contributed by atoms with Crippen LogP contribution in [0.3, 0.4) is 0 Å². The smallest absolute Gasteiger partial charge is 0.137 e. The van der Waals surface area contributed by atoms with Gasteiger partial charge in [0.1, 0.15) is 6.17 Å². The van der Waals surface area contributed by atoms with Crippen molar-refractivity contribution in [2.75, 3.05) is 13.1 Å². The minimum absolute atomic E-state index is 0.265. The van der Waals surface area contributed by atoms with E-state index in [0.717, 1.165) is 5.92 Å². The van der Waals surface area contributed by atoms with Crippen LogP contribution in [0, 0.1) is 5.92 Å². The number of hydrogen-bond acceptors (Lipinski definition) is 3. The Morgan fingerprint density at radius 1 is 1.24 bits per heavy atom. The molecular weight excluding hydrogens is 210 g/mol. The molecule has 0 bridgehead atoms. The monoisotopic (exact) mass is 233 g/mol. The molecule has 1 fully saturated rings. The van der Waals surface area contributed by atoms with Gasteiger partial charge in [-0.2, -0.15) is 0 Å². The fraction of sp³-hybridized carbons (Fsp3) is 0.714. The topological polar surface area (TPSA) is 27.3 Å². The fourth-order valence-corrected chi connectivity index (χ4v) is 3.06. The number of hydrogen-bond donors (Lipinski definition) is 2. The molecule has 2 aliphatic heterocycles. The van der Waals surface area contributed by atoms with Gasteiger partial charge < -0.3 is 15.5 Å². The van der Waals surface area contributed by atoms with Gasteiger partial charge in [-0.05, 0) is 31.6 Å². The van der Waals surface area contributed by atoms with E-state index in [0.29, 0.717) is 0 Å². The molecule has 0 aromatic rings. The van der Waals surface area contributed by atoms with E-state index in [-0.39, 0.29) is 6.17 Å². The lowest BCUT2D eigenvalue weighted by Gasteiger charge is -2.36. The van der Waals surface area contributed by atoms with Crippen LogP contribution >= 0.6 is 0 Å². The molecule has 17 heavy (non-hydrogen) atoms. The standard InChI is InChI=1S/C14H23N3/c1-3-11-6-8-17(9-7-11)10(2)14-15-12-4-5-13(12)16-14/h11,14-16H,2-9H2,1H3. The molecule has 94 valence electrons. The van der Waals surface area contributed by atoms with Gasteiger partial charge in [-0.3, -0.25) is 0 Å². The predicted octanol–water partition coefficient (Wildman–Crippen LogP) is 2.15. The van der Waals surface area contributed by atoms with Crippen molar-refractivity contribution >= 4 is 0 Å². The Bertz CT molecular complexity index is 334. The van der Waals surface area contributed by atoms with Crippen LogP contribution in [0.4, 0.5) is 0 Å². The molecule has 3 nitrogen and oxygen atoms in total. The Morgan fingerprint density at radius 3 is 2.29 bits per heavy atom. The van der Waals surface area contributed by atoms with Gasteiger partial charge in [0.15, 0.2) is 0 Å². The number of nitrogens with zero attached hydrogens (tertiary/aromatic N) is 1. The van der Waals surface area contributed by atoms with E-state index >= 15 is 0 Å². The van der Waals surface area contributed by atoms with Crippen LogP contribution in [-0.2, 0) is 0 Å². The molecule has 1 saturated heterocycles. The largest absolute Gasteiger partial charge is 0.372 e. The summed E-state index contributed by atoms with van der Waals surface area (Å²) in [5, 5.41) is 7.08. The van der Waals surface area contributed by atoms with Gasteiger partial charge in [-0.15, -0.1) is 0 Å². The van der Waals surface area contributed by atoms with Crippen LogP contribution in [0.15, 0.2) is 23.7 Å². The highest BCUT2D eigenvalue weighted by molar-refractivity contribution is 5.30. The van der Waals surface area contributed by atoms with Crippen LogP contribution in [0.1, 0.15) is 39.0 Å². The van der Waals surface area contributed by atoms with Crippen molar-refractivity contribution in [1.29, 1.82) is 0 Å². The third-order valence-electron chi connectivity index (χ3n) is 4.56. The maximum atomic E-state index is 4.28. The van der Waals surface area contributed by atoms with Crippen molar-refractivity contribution in [3.63, 3.8) is 0 Å². The number of nitrogens with one attached hydrogen (secondary N) is 2. The molecule has 0 radical (unpaired) electrons. The maximum Gasteiger partial charge on any atom is 0.137 e. The molecule has 3 heteroatoms. The van der Waals surface area contributed by atoms with Crippen LogP contribution in [0.5, 0.6) is 0 Å². The van der Waals surface area contributed by atoms with E-state index in [4.69, 9.17) is 0 Å². The van der Waals surface area contributed by atoms with Gasteiger partial charge >= 0.3 is 0 Å². The maximum absolute atomic E-state index is 4.28. The molecule has 2 N–H and O–H groups in total. The fourth-order valence-electron chi connectivity index (χ4n) is 3.06. The quantitative estimate of drug-likeness (QED) is 0.782. The Kier molecular flexibility index (Phi) is 2.77. The van der Waals surface area contributed by atoms with Gasteiger partial charge in [0, 0.05) is 30.2 Å². The summed E-state index contributed by atoms with van der Waals surface area (Å²) in [6, 6.07) is 0. The summed E-state index contributed by atoms with van der Waals surface area (Å²) in [4.78, 5) is 2.46. The normalized spacial score (nSPS) is 25.1. The van der Waals surface area contributed by atoms with E-state index in [1.807, 2.05) is 0 Å². The summed E-state index contributed by atoms with van der Waals surface area (Å²) in [6.45, 7) is 8.95. The molecule has 0 aromatic heterocycles. The molecule has 0 amide bonds. The first-order valence-corrected chi connectivity index (χ1v) is 6.96. The first kappa shape index (κ1) is 11.0. The number of allylic oxidation sites excluding steroid dienone is 2. The van der Waals surface area contributed by atoms with Gasteiger partial charge in [0.2, 0.25) is 0 Å². The first-order chi connectivity index (χ1) is 8.28. The molecule has 2 heterocycles. The summed E-state index contributed by atoms with van der Waals surface area (Å²) in [7, 11) is 0. The summed E-state index contributed by atoms with van der Waals surface area (Å²) in [6.07, 6.45) is 6.68. The molecule has 1 aliphatic carbocycles. The second-order valence-corrected chi connectivity index (χ2v) is 5.51. The van der Waals surface area contributed by atoms with Gasteiger partial charge in [-0.1, -0.05) is 19.9 Å². The minimum Gasteiger partial charge on any atom is -0.372 e. The van der Waals surface area contributed by atoms with Gasteiger partial charge in [0.05, 0.1) is 0 Å². The van der Waals surface area contributed by atoms with Gasteiger partial charge in [-0.25, -0.2) is 0 Å². The Labute approximate surface area is 104 Å². The highest BCUT2D eigenvalue weighted by Crippen LogP contribution is 2.31. The van der Waals surface area contributed by atoms with Crippen LogP contribution in [0.25, 0.3) is 0 Å². The van der Waals surface area contributed by atoms with Crippen molar-refractivity contribution < 1.29 is 0 Å². The zero-order valence-corrected chi connectivity index (χ0v) is 10.8. The minimum atomic E-state index is 0.265. The number of likely N-dealkylation sites (tertiary alicyclic amines) is 1. The first-order valence-electron chi connectivity index (χ1n) is 6.96. The van der Waals surface area contributed by atoms with Crippen molar-refractivity contribution in [2.45, 2.75) is 45.2 Å². The summed E-state index contributed by atoms with van der Waals surface area (Å²) < 4.78 is 0. The zero-order valence-electron chi connectivity index (χ0n) is 10.8. The summed E-state index contributed by atoms with van der Waals surface area (Å²) in [5.74, 6) is 0.934. The molecule has 3 aliphatic rings. The summed E-state index contributed by atoms with van der Waals surface area (Å²) >= 11 is 0. The molecule has 3 rings (SSSR count). The van der Waals surface area contributed by atoms with E-state index in [1.54, 1.807) is 0 Å². The van der Waals surface area contributed by atoms with E-state index < -0.39 is 0 Å². The number of piperidine rings is 1. The van der Waals surface area contributed by atoms with Crippen LogP contribution < -0.4 is 10.6 Å². The molecular formula is C14H23N3. The third-order valence-corrected chi connectivity index (χ3v) is 4.56. The molecule has 0 aromatic carbocycles. The molecule has 0 spiro atoms. The second kappa shape index (κ2) is 4.28. The summed E-state index contributed by atoms with van der Waals surface area (Å²) in [5.41, 5.74) is 4.06. The predicted molar refractivity (Wildman–Crippen MR) is 70.0 cm³/mol. The van der Waals surface area contributed by atoms with Crippen molar-refractivity contribution in [1.82, 2.24) is 15.5 Å². The van der Waals surface area contributed by atoms with Gasteiger partial charge in [0.25, 0.3) is 0 Å². The van der Waals surface area contributed by atoms with E-state index in [1.165, 1.54) is 62.3 Å². The molecule has 0 unspecified atom stereocenters. The van der Waals surface area contributed by atoms with Crippen LogP contribution in [-0.4, -0.2) is 24.2 Å². The molecule has 0 atom stereocenters. The Morgan fingerprint density at radius 2 is 1.82 bits per heavy atom. The molecule has 0 saturated carbocycles. The lowest BCUT2D eigenvalue weighted by Crippen LogP contribution is -2.44. The highest BCUT2D eigenvalue weighted by atomic mass is 15.3. The van der Waals surface area contributed by atoms with Crippen molar-refractivity contribution in [2.24, 2.45) is 5.92 Å². The third kappa shape index (κ3) is 1.92. The number of rotatable bonds is 3. The van der Waals surface area contributed by atoms with Crippen molar-refractivity contribution in [3.8, 4) is 0 Å². The average molecular weight is 233 g/mol. The Hall–Kier alpha value is -1.12. The second-order valence-electron chi connectivity index (χ2n) is 5.51. The lowest BCUT2D eigenvalue weighted by molar-refractivity contribution is 0.209. The highest BCUT2D eigenvalue weighted by Gasteiger charge is 2.32. The van der Waals surface area contributed by atoms with E-state index in [9.17, 15) is 0 Å². The van der Waals surface area contributed by atoms with Crippen LogP contribution in [0.2, 0.25) is 0 Å². The SMILES string of the molecule is C=C(C1NC2=C(CC2)N1)N1CCC(CC)CC1. The Balaban J connectivity index is 1.54.